The molecule has 114 valence electrons. The number of para-hydroxylation sites is 1. The molecule has 0 saturated heterocycles. The van der Waals surface area contributed by atoms with Crippen molar-refractivity contribution in [1.82, 2.24) is 5.32 Å². The first-order valence-electron chi connectivity index (χ1n) is 6.95. The lowest BCUT2D eigenvalue weighted by Gasteiger charge is -2.28. The lowest BCUT2D eigenvalue weighted by molar-refractivity contribution is -0.121. The minimum Gasteiger partial charge on any atom is -0.534 e. The molecule has 0 fully saturated rings. The van der Waals surface area contributed by atoms with Crippen molar-refractivity contribution in [2.24, 2.45) is 0 Å². The zero-order valence-electron chi connectivity index (χ0n) is 11.9. The van der Waals surface area contributed by atoms with E-state index in [9.17, 15) is 14.6 Å². The second-order valence-corrected chi connectivity index (χ2v) is 5.04. The molecule has 1 aromatic carbocycles. The summed E-state index contributed by atoms with van der Waals surface area (Å²) in [6.45, 7) is 0. The first-order valence-corrected chi connectivity index (χ1v) is 6.95. The number of aromatic carboxylic acids is 1. The van der Waals surface area contributed by atoms with Gasteiger partial charge in [0.25, 0.3) is 0 Å². The van der Waals surface area contributed by atoms with Crippen LogP contribution >= 0.6 is 0 Å². The maximum atomic E-state index is 11.8. The Morgan fingerprint density at radius 3 is 2.95 bits per heavy atom. The zero-order chi connectivity index (χ0) is 16.1. The van der Waals surface area contributed by atoms with Gasteiger partial charge >= 0.3 is 13.1 Å². The molecule has 1 aliphatic heterocycles. The van der Waals surface area contributed by atoms with E-state index in [-0.39, 0.29) is 23.6 Å². The molecular weight excluding hydrogens is 285 g/mol. The molecule has 1 aromatic rings. The molecule has 0 saturated carbocycles. The van der Waals surface area contributed by atoms with Gasteiger partial charge in [-0.2, -0.15) is 0 Å². The largest absolute Gasteiger partial charge is 0.547 e. The van der Waals surface area contributed by atoms with E-state index in [2.05, 4.69) is 11.2 Å². The Morgan fingerprint density at radius 1 is 1.50 bits per heavy atom. The molecule has 1 unspecified atom stereocenters. The van der Waals surface area contributed by atoms with Gasteiger partial charge in [0.15, 0.2) is 0 Å². The highest BCUT2D eigenvalue weighted by atomic mass is 16.5. The Morgan fingerprint density at radius 2 is 2.27 bits per heavy atom. The number of fused-ring (bicyclic) bond motifs is 1. The predicted octanol–water partition coefficient (Wildman–Crippen LogP) is 0.628. The fourth-order valence-corrected chi connectivity index (χ4v) is 2.35. The van der Waals surface area contributed by atoms with Crippen molar-refractivity contribution in [3.63, 3.8) is 0 Å². The number of unbranched alkanes of at least 4 members (excludes halogenated alkanes) is 1. The molecule has 2 rings (SSSR count). The fourth-order valence-electron chi connectivity index (χ4n) is 2.35. The van der Waals surface area contributed by atoms with E-state index in [0.29, 0.717) is 24.8 Å². The van der Waals surface area contributed by atoms with Gasteiger partial charge in [-0.05, 0) is 24.5 Å². The summed E-state index contributed by atoms with van der Waals surface area (Å²) < 4.78 is 5.29. The van der Waals surface area contributed by atoms with E-state index in [1.165, 1.54) is 6.07 Å². The van der Waals surface area contributed by atoms with E-state index >= 15 is 0 Å². The van der Waals surface area contributed by atoms with Gasteiger partial charge in [0.1, 0.15) is 5.75 Å². The van der Waals surface area contributed by atoms with Crippen LogP contribution in [0.3, 0.4) is 0 Å². The maximum Gasteiger partial charge on any atom is 0.547 e. The Labute approximate surface area is 128 Å². The minimum atomic E-state index is -1.29. The summed E-state index contributed by atoms with van der Waals surface area (Å²) in [4.78, 5) is 22.9. The highest BCUT2D eigenvalue weighted by Crippen LogP contribution is 2.30. The van der Waals surface area contributed by atoms with Crippen molar-refractivity contribution in [2.45, 2.75) is 31.6 Å². The third-order valence-electron chi connectivity index (χ3n) is 3.42. The third kappa shape index (κ3) is 3.60. The zero-order valence-corrected chi connectivity index (χ0v) is 11.9. The van der Waals surface area contributed by atoms with Crippen LogP contribution < -0.4 is 9.97 Å². The van der Waals surface area contributed by atoms with Crippen molar-refractivity contribution in [3.8, 4) is 18.1 Å². The molecule has 7 heteroatoms. The maximum absolute atomic E-state index is 11.8. The summed E-state index contributed by atoms with van der Waals surface area (Å²) in [5.41, 5.74) is 0.634. The summed E-state index contributed by atoms with van der Waals surface area (Å²) in [7, 11) is -1.29. The topological polar surface area (TPSA) is 95.9 Å². The summed E-state index contributed by atoms with van der Waals surface area (Å²) in [5.74, 6) is 0.647. The first kappa shape index (κ1) is 15.9. The monoisotopic (exact) mass is 301 g/mol. The van der Waals surface area contributed by atoms with Crippen LogP contribution in [-0.2, 0) is 11.2 Å². The Balaban J connectivity index is 2.06. The summed E-state index contributed by atoms with van der Waals surface area (Å²) in [6, 6.07) is 4.73. The Hall–Kier alpha value is -2.46. The number of amides is 1. The third-order valence-corrected chi connectivity index (χ3v) is 3.42. The van der Waals surface area contributed by atoms with Crippen LogP contribution in [0.15, 0.2) is 18.2 Å². The molecule has 1 aliphatic rings. The number of hydrogen-bond donors (Lipinski definition) is 3. The number of carbonyl (C=O) groups is 2. The van der Waals surface area contributed by atoms with Gasteiger partial charge < -0.3 is 20.1 Å². The van der Waals surface area contributed by atoms with Crippen molar-refractivity contribution in [1.29, 1.82) is 0 Å². The van der Waals surface area contributed by atoms with Crippen LogP contribution in [0, 0.1) is 12.3 Å². The molecule has 22 heavy (non-hydrogen) atoms. The minimum absolute atomic E-state index is 0.00431. The van der Waals surface area contributed by atoms with Crippen LogP contribution in [0.5, 0.6) is 5.75 Å². The van der Waals surface area contributed by atoms with Gasteiger partial charge in [0.2, 0.25) is 5.91 Å². The molecule has 1 atom stereocenters. The number of rotatable bonds is 5. The van der Waals surface area contributed by atoms with Gasteiger partial charge in [-0.3, -0.25) is 4.79 Å². The number of nitrogens with one attached hydrogen (secondary N) is 1. The average Bonchev–Trinajstić information content (AvgIpc) is 2.47. The van der Waals surface area contributed by atoms with Crippen LogP contribution in [0.25, 0.3) is 0 Å². The van der Waals surface area contributed by atoms with E-state index < -0.39 is 19.0 Å². The van der Waals surface area contributed by atoms with Crippen LogP contribution in [-0.4, -0.2) is 35.1 Å². The number of terminal acetylenes is 1. The Kier molecular flexibility index (Phi) is 5.07. The lowest BCUT2D eigenvalue weighted by Crippen LogP contribution is -2.53. The van der Waals surface area contributed by atoms with Gasteiger partial charge in [0.05, 0.1) is 11.5 Å². The highest BCUT2D eigenvalue weighted by molar-refractivity contribution is 6.47. The number of hydrogen-bond acceptors (Lipinski definition) is 4. The molecule has 1 heterocycles. The molecule has 3 N–H and O–H groups in total. The van der Waals surface area contributed by atoms with Gasteiger partial charge in [-0.1, -0.05) is 12.1 Å². The highest BCUT2D eigenvalue weighted by Gasteiger charge is 2.37. The smallest absolute Gasteiger partial charge is 0.534 e. The number of carbonyl (C=O) groups excluding carboxylic acids is 1. The normalized spacial score (nSPS) is 16.2. The van der Waals surface area contributed by atoms with Crippen molar-refractivity contribution in [3.05, 3.63) is 29.3 Å². The van der Waals surface area contributed by atoms with Gasteiger partial charge in [-0.15, -0.1) is 12.3 Å². The summed E-state index contributed by atoms with van der Waals surface area (Å²) >= 11 is 0. The molecule has 6 nitrogen and oxygen atoms in total. The standard InChI is InChI=1S/C15H16BNO5/c1-2-3-4-8-13(18)17-12-9-10-6-5-7-11(15(19)20)14(10)22-16(12)21/h1,5-7,12,21H,3-4,8-9H2,(H,17,18)(H,19,20). The van der Waals surface area contributed by atoms with E-state index in [4.69, 9.17) is 16.2 Å². The predicted molar refractivity (Wildman–Crippen MR) is 80.3 cm³/mol. The van der Waals surface area contributed by atoms with Gasteiger partial charge in [0, 0.05) is 12.8 Å². The average molecular weight is 301 g/mol. The second kappa shape index (κ2) is 7.01. The molecule has 0 aliphatic carbocycles. The number of carboxylic acids is 1. The van der Waals surface area contributed by atoms with Crippen LogP contribution in [0.4, 0.5) is 0 Å². The first-order chi connectivity index (χ1) is 10.5. The van der Waals surface area contributed by atoms with Crippen LogP contribution in [0.1, 0.15) is 35.2 Å². The van der Waals surface area contributed by atoms with E-state index in [1.54, 1.807) is 12.1 Å². The van der Waals surface area contributed by atoms with Crippen molar-refractivity contribution < 1.29 is 24.4 Å². The van der Waals surface area contributed by atoms with Crippen LogP contribution in [0.2, 0.25) is 0 Å². The number of carboxylic acid groups (broad SMARTS) is 1. The summed E-state index contributed by atoms with van der Waals surface area (Å²) in [5, 5.41) is 21.8. The van der Waals surface area contributed by atoms with E-state index in [1.807, 2.05) is 0 Å². The van der Waals surface area contributed by atoms with E-state index in [0.717, 1.165) is 0 Å². The fraction of sp³-hybridized carbons (Fsp3) is 0.333. The van der Waals surface area contributed by atoms with Crippen molar-refractivity contribution in [2.75, 3.05) is 0 Å². The molecule has 0 radical (unpaired) electrons. The second-order valence-electron chi connectivity index (χ2n) is 5.04. The Bertz CT molecular complexity index is 625. The number of benzene rings is 1. The SMILES string of the molecule is C#CCCCC(=O)NC1Cc2cccc(C(=O)O)c2OB1O. The van der Waals surface area contributed by atoms with Crippen molar-refractivity contribution >= 4 is 19.0 Å². The molecule has 1 amide bonds. The molecule has 0 aromatic heterocycles. The quantitative estimate of drug-likeness (QED) is 0.421. The molecule has 0 bridgehead atoms. The summed E-state index contributed by atoms with van der Waals surface area (Å²) in [6.07, 6.45) is 6.79. The molecular formula is C15H16BNO5. The molecule has 0 spiro atoms. The van der Waals surface area contributed by atoms with Gasteiger partial charge in [-0.25, -0.2) is 4.79 Å². The lowest BCUT2D eigenvalue weighted by atomic mass is 9.72.